The van der Waals surface area contributed by atoms with E-state index in [1.54, 1.807) is 0 Å². The molecule has 0 saturated carbocycles. The van der Waals surface area contributed by atoms with E-state index in [1.165, 1.54) is 0 Å². The van der Waals surface area contributed by atoms with Crippen molar-refractivity contribution in [3.63, 3.8) is 0 Å². The molecule has 0 aromatic carbocycles. The molecule has 0 rings (SSSR count). The zero-order chi connectivity index (χ0) is 8.91. The van der Waals surface area contributed by atoms with Gasteiger partial charge in [0.1, 0.15) is 0 Å². The molecule has 0 spiro atoms. The van der Waals surface area contributed by atoms with Gasteiger partial charge in [0, 0.05) is 6.08 Å². The fraction of sp³-hybridized carbons (Fsp3) is 0.250. The number of phosphoric ester groups is 1. The molecule has 66 valence electrons. The molecule has 0 fully saturated rings. The number of ether oxygens (including phenoxy) is 1. The average molecular weight is 206 g/mol. The maximum atomic E-state index is 10.2. The van der Waals surface area contributed by atoms with Crippen LogP contribution in [0, 0.1) is 0 Å². The van der Waals surface area contributed by atoms with Crippen LogP contribution in [-0.2, 0) is 18.6 Å². The first-order valence-electron chi connectivity index (χ1n) is 2.45. The second-order valence-electron chi connectivity index (χ2n) is 1.41. The van der Waals surface area contributed by atoms with E-state index in [0.717, 1.165) is 6.08 Å². The van der Waals surface area contributed by atoms with Crippen molar-refractivity contribution in [1.82, 2.24) is 0 Å². The number of hydrogen-bond donors (Lipinski definition) is 2. The molecular weight excluding hydrogens is 198 g/mol. The SMILES string of the molecule is C=CC(=O)OCOP(=O)(O)O.[NaH]. The van der Waals surface area contributed by atoms with Crippen LogP contribution in [-0.4, -0.2) is 52.1 Å². The van der Waals surface area contributed by atoms with E-state index in [4.69, 9.17) is 9.79 Å². The Balaban J connectivity index is 0. The van der Waals surface area contributed by atoms with Crippen molar-refractivity contribution >= 4 is 43.3 Å². The Labute approximate surface area is 91.1 Å². The third-order valence-electron chi connectivity index (χ3n) is 0.589. The van der Waals surface area contributed by atoms with Crippen LogP contribution in [0.15, 0.2) is 12.7 Å². The first-order chi connectivity index (χ1) is 4.95. The number of phosphoric acid groups is 1. The maximum absolute atomic E-state index is 10.2. The Hall–Kier alpha value is 0.320. The molecule has 0 aliphatic carbocycles. The molecule has 0 aromatic heterocycles. The van der Waals surface area contributed by atoms with Crippen molar-refractivity contribution in [2.24, 2.45) is 0 Å². The minimum absolute atomic E-state index is 0. The Morgan fingerprint density at radius 2 is 2.08 bits per heavy atom. The summed E-state index contributed by atoms with van der Waals surface area (Å²) >= 11 is 0. The third kappa shape index (κ3) is 10.3. The summed E-state index contributed by atoms with van der Waals surface area (Å²) in [6.07, 6.45) is 0.850. The Kier molecular flexibility index (Phi) is 8.39. The van der Waals surface area contributed by atoms with Gasteiger partial charge in [-0.05, 0) is 0 Å². The van der Waals surface area contributed by atoms with E-state index in [9.17, 15) is 9.36 Å². The van der Waals surface area contributed by atoms with Gasteiger partial charge in [-0.3, -0.25) is 0 Å². The monoisotopic (exact) mass is 206 g/mol. The normalized spacial score (nSPS) is 9.83. The molecule has 0 unspecified atom stereocenters. The summed E-state index contributed by atoms with van der Waals surface area (Å²) in [5.74, 6) is -0.807. The number of rotatable bonds is 4. The molecule has 8 heteroatoms. The summed E-state index contributed by atoms with van der Waals surface area (Å²) in [7, 11) is -4.54. The van der Waals surface area contributed by atoms with Crippen molar-refractivity contribution in [2.75, 3.05) is 6.79 Å². The molecule has 2 N–H and O–H groups in total. The Bertz CT molecular complexity index is 198. The van der Waals surface area contributed by atoms with Crippen LogP contribution in [0.3, 0.4) is 0 Å². The molecule has 0 bridgehead atoms. The molecule has 0 radical (unpaired) electrons. The first kappa shape index (κ1) is 14.8. The van der Waals surface area contributed by atoms with Gasteiger partial charge in [0.15, 0.2) is 0 Å². The van der Waals surface area contributed by atoms with Crippen LogP contribution in [0.5, 0.6) is 0 Å². The molecule has 0 aliphatic rings. The van der Waals surface area contributed by atoms with Crippen molar-refractivity contribution in [3.05, 3.63) is 12.7 Å². The van der Waals surface area contributed by atoms with Gasteiger partial charge in [-0.15, -0.1) is 0 Å². The summed E-state index contributed by atoms with van der Waals surface area (Å²) in [4.78, 5) is 26.4. The summed E-state index contributed by atoms with van der Waals surface area (Å²) < 4.78 is 17.8. The predicted octanol–water partition coefficient (Wildman–Crippen LogP) is -0.866. The molecule has 0 amide bonds. The summed E-state index contributed by atoms with van der Waals surface area (Å²) in [5, 5.41) is 0. The predicted molar refractivity (Wildman–Crippen MR) is 41.4 cm³/mol. The van der Waals surface area contributed by atoms with Crippen LogP contribution in [0.25, 0.3) is 0 Å². The zero-order valence-electron chi connectivity index (χ0n) is 5.47. The van der Waals surface area contributed by atoms with Crippen LogP contribution in [0.2, 0.25) is 0 Å². The summed E-state index contributed by atoms with van der Waals surface area (Å²) in [6.45, 7) is 2.27. The minimum atomic E-state index is -4.54. The van der Waals surface area contributed by atoms with Gasteiger partial charge >= 0.3 is 43.3 Å². The van der Waals surface area contributed by atoms with E-state index < -0.39 is 20.6 Å². The van der Waals surface area contributed by atoms with Gasteiger partial charge in [-0.2, -0.15) is 0 Å². The molecule has 12 heavy (non-hydrogen) atoms. The fourth-order valence-electron chi connectivity index (χ4n) is 0.212. The first-order valence-corrected chi connectivity index (χ1v) is 3.98. The van der Waals surface area contributed by atoms with Crippen LogP contribution >= 0.6 is 7.82 Å². The van der Waals surface area contributed by atoms with E-state index in [1.807, 2.05) is 0 Å². The van der Waals surface area contributed by atoms with Gasteiger partial charge in [0.2, 0.25) is 6.79 Å². The summed E-state index contributed by atoms with van der Waals surface area (Å²) in [6, 6.07) is 0. The Morgan fingerprint density at radius 3 is 2.42 bits per heavy atom. The summed E-state index contributed by atoms with van der Waals surface area (Å²) in [5.41, 5.74) is 0. The van der Waals surface area contributed by atoms with Gasteiger partial charge < -0.3 is 14.5 Å². The number of carbonyl (C=O) groups is 1. The fourth-order valence-corrected chi connectivity index (χ4v) is 0.402. The van der Waals surface area contributed by atoms with Gasteiger partial charge in [-0.1, -0.05) is 6.58 Å². The number of esters is 1. The molecule has 0 saturated heterocycles. The molecular formula is C4H8NaO6P. The topological polar surface area (TPSA) is 93.1 Å². The van der Waals surface area contributed by atoms with E-state index in [2.05, 4.69) is 15.8 Å². The second kappa shape index (κ2) is 6.80. The van der Waals surface area contributed by atoms with E-state index in [-0.39, 0.29) is 29.6 Å². The van der Waals surface area contributed by atoms with Crippen molar-refractivity contribution in [3.8, 4) is 0 Å². The van der Waals surface area contributed by atoms with E-state index >= 15 is 0 Å². The van der Waals surface area contributed by atoms with Gasteiger partial charge in [-0.25, -0.2) is 13.9 Å². The Morgan fingerprint density at radius 1 is 1.58 bits per heavy atom. The molecule has 0 aromatic rings. The standard InChI is InChI=1S/C4H7O6P.Na.H/c1-2-4(5)9-3-10-11(6,7)8;;/h2H,1,3H2,(H2,6,7,8);;. The molecule has 0 heterocycles. The molecule has 6 nitrogen and oxygen atoms in total. The van der Waals surface area contributed by atoms with Crippen LogP contribution < -0.4 is 0 Å². The van der Waals surface area contributed by atoms with Crippen LogP contribution in [0.4, 0.5) is 0 Å². The quantitative estimate of drug-likeness (QED) is 0.204. The second-order valence-corrected chi connectivity index (χ2v) is 2.64. The van der Waals surface area contributed by atoms with Gasteiger partial charge in [0.25, 0.3) is 0 Å². The van der Waals surface area contributed by atoms with E-state index in [0.29, 0.717) is 0 Å². The number of carbonyl (C=O) groups excluding carboxylic acids is 1. The molecule has 0 aliphatic heterocycles. The van der Waals surface area contributed by atoms with Gasteiger partial charge in [0.05, 0.1) is 0 Å². The van der Waals surface area contributed by atoms with Crippen LogP contribution in [0.1, 0.15) is 0 Å². The molecule has 0 atom stereocenters. The third-order valence-corrected chi connectivity index (χ3v) is 1.03. The van der Waals surface area contributed by atoms with Crippen molar-refractivity contribution in [2.45, 2.75) is 0 Å². The zero-order valence-corrected chi connectivity index (χ0v) is 6.36. The van der Waals surface area contributed by atoms with Crippen molar-refractivity contribution < 1.29 is 28.4 Å². The number of hydrogen-bond acceptors (Lipinski definition) is 4. The van der Waals surface area contributed by atoms with Crippen molar-refractivity contribution in [1.29, 1.82) is 0 Å². The average Bonchev–Trinajstić information content (AvgIpc) is 1.85.